The van der Waals surface area contributed by atoms with Crippen molar-refractivity contribution in [2.75, 3.05) is 6.61 Å². The van der Waals surface area contributed by atoms with Gasteiger partial charge in [0.15, 0.2) is 0 Å². The summed E-state index contributed by atoms with van der Waals surface area (Å²) in [6.07, 6.45) is 13.6. The van der Waals surface area contributed by atoms with Crippen molar-refractivity contribution in [2.24, 2.45) is 0 Å². The molecule has 0 aromatic heterocycles. The lowest BCUT2D eigenvalue weighted by atomic mass is 10.0. The van der Waals surface area contributed by atoms with Crippen molar-refractivity contribution in [3.8, 4) is 5.75 Å². The zero-order valence-corrected chi connectivity index (χ0v) is 17.3. The minimum atomic E-state index is 0.828. The first-order valence-corrected chi connectivity index (χ1v) is 11.2. The van der Waals surface area contributed by atoms with E-state index in [0.29, 0.717) is 0 Å². The molecule has 2 aromatic rings. The molecule has 138 valence electrons. The summed E-state index contributed by atoms with van der Waals surface area (Å²) >= 11 is 3.57. The molecule has 2 heteroatoms. The molecule has 0 atom stereocenters. The Labute approximate surface area is 162 Å². The molecule has 0 fully saturated rings. The molecule has 0 unspecified atom stereocenters. The van der Waals surface area contributed by atoms with Gasteiger partial charge in [-0.3, -0.25) is 0 Å². The fraction of sp³-hybridized carbons (Fsp3) is 0.565. The van der Waals surface area contributed by atoms with Crippen LogP contribution in [0.4, 0.5) is 0 Å². The van der Waals surface area contributed by atoms with Gasteiger partial charge in [-0.15, -0.1) is 0 Å². The zero-order chi connectivity index (χ0) is 17.7. The van der Waals surface area contributed by atoms with E-state index < -0.39 is 0 Å². The van der Waals surface area contributed by atoms with Gasteiger partial charge in [-0.2, -0.15) is 0 Å². The lowest BCUT2D eigenvalue weighted by molar-refractivity contribution is 0.307. The quantitative estimate of drug-likeness (QED) is 0.242. The van der Waals surface area contributed by atoms with Crippen molar-refractivity contribution in [2.45, 2.75) is 76.5 Å². The Morgan fingerprint density at radius 1 is 0.720 bits per heavy atom. The van der Waals surface area contributed by atoms with Crippen LogP contribution in [-0.4, -0.2) is 6.61 Å². The number of benzene rings is 2. The second kappa shape index (κ2) is 12.4. The van der Waals surface area contributed by atoms with Crippen molar-refractivity contribution in [3.63, 3.8) is 0 Å². The van der Waals surface area contributed by atoms with Gasteiger partial charge in [-0.25, -0.2) is 0 Å². The number of unbranched alkanes of at least 4 members (excludes halogenated alkanes) is 9. The average Bonchev–Trinajstić information content (AvgIpc) is 2.66. The molecule has 0 bridgehead atoms. The van der Waals surface area contributed by atoms with Crippen LogP contribution < -0.4 is 4.74 Å². The number of hydrogen-bond donors (Lipinski definition) is 0. The van der Waals surface area contributed by atoms with Crippen LogP contribution in [0.1, 0.15) is 76.7 Å². The van der Waals surface area contributed by atoms with Gasteiger partial charge in [0.1, 0.15) is 5.75 Å². The molecule has 2 aromatic carbocycles. The topological polar surface area (TPSA) is 9.23 Å². The average molecular weight is 405 g/mol. The van der Waals surface area contributed by atoms with E-state index in [1.165, 1.54) is 74.1 Å². The maximum atomic E-state index is 6.08. The molecule has 0 N–H and O–H groups in total. The third-order valence-corrected chi connectivity index (χ3v) is 5.48. The highest BCUT2D eigenvalue weighted by atomic mass is 79.9. The summed E-state index contributed by atoms with van der Waals surface area (Å²) in [5.41, 5.74) is 1.32. The lowest BCUT2D eigenvalue weighted by Gasteiger charge is -2.11. The van der Waals surface area contributed by atoms with Crippen molar-refractivity contribution >= 4 is 26.7 Å². The molecule has 0 spiro atoms. The molecule has 0 aliphatic rings. The van der Waals surface area contributed by atoms with Crippen molar-refractivity contribution in [1.82, 2.24) is 0 Å². The number of fused-ring (bicyclic) bond motifs is 1. The number of rotatable bonds is 13. The number of alkyl halides is 1. The molecule has 25 heavy (non-hydrogen) atoms. The largest absolute Gasteiger partial charge is 0.493 e. The molecular weight excluding hydrogens is 372 g/mol. The van der Waals surface area contributed by atoms with Crippen LogP contribution in [-0.2, 0) is 5.33 Å². The molecule has 2 rings (SSSR count). The summed E-state index contributed by atoms with van der Waals surface area (Å²) < 4.78 is 6.08. The first-order chi connectivity index (χ1) is 12.4. The van der Waals surface area contributed by atoms with Crippen LogP contribution in [0.2, 0.25) is 0 Å². The monoisotopic (exact) mass is 404 g/mol. The zero-order valence-electron chi connectivity index (χ0n) is 15.7. The van der Waals surface area contributed by atoms with Gasteiger partial charge in [0.05, 0.1) is 6.61 Å². The highest BCUT2D eigenvalue weighted by molar-refractivity contribution is 9.08. The highest BCUT2D eigenvalue weighted by Gasteiger charge is 2.05. The van der Waals surface area contributed by atoms with Crippen LogP contribution in [0.3, 0.4) is 0 Å². The second-order valence-corrected chi connectivity index (χ2v) is 7.49. The van der Waals surface area contributed by atoms with Crippen molar-refractivity contribution in [1.29, 1.82) is 0 Å². The Morgan fingerprint density at radius 3 is 1.96 bits per heavy atom. The molecule has 0 amide bonds. The molecule has 0 heterocycles. The van der Waals surface area contributed by atoms with Crippen LogP contribution in [0.15, 0.2) is 36.4 Å². The summed E-state index contributed by atoms with van der Waals surface area (Å²) in [5, 5.41) is 3.40. The molecule has 0 aliphatic carbocycles. The summed E-state index contributed by atoms with van der Waals surface area (Å²) in [5.74, 6) is 1.02. The summed E-state index contributed by atoms with van der Waals surface area (Å²) in [4.78, 5) is 0. The smallest absolute Gasteiger partial charge is 0.127 e. The van der Waals surface area contributed by atoms with E-state index in [9.17, 15) is 0 Å². The molecular formula is C23H33BrO. The summed E-state index contributed by atoms with van der Waals surface area (Å²) in [6, 6.07) is 12.8. The van der Waals surface area contributed by atoms with E-state index in [-0.39, 0.29) is 0 Å². The van der Waals surface area contributed by atoms with E-state index in [0.717, 1.165) is 24.1 Å². The number of ether oxygens (including phenoxy) is 1. The Hall–Kier alpha value is -1.02. The highest BCUT2D eigenvalue weighted by Crippen LogP contribution is 2.29. The molecule has 0 radical (unpaired) electrons. The summed E-state index contributed by atoms with van der Waals surface area (Å²) in [7, 11) is 0. The fourth-order valence-electron chi connectivity index (χ4n) is 3.35. The van der Waals surface area contributed by atoms with E-state index in [1.54, 1.807) is 0 Å². The van der Waals surface area contributed by atoms with Gasteiger partial charge in [0, 0.05) is 10.7 Å². The van der Waals surface area contributed by atoms with Gasteiger partial charge in [-0.05, 0) is 23.4 Å². The molecule has 1 nitrogen and oxygen atoms in total. The minimum Gasteiger partial charge on any atom is -0.493 e. The molecule has 0 aliphatic heterocycles. The third kappa shape index (κ3) is 7.01. The Kier molecular flexibility index (Phi) is 10.0. The first-order valence-electron chi connectivity index (χ1n) is 10.1. The van der Waals surface area contributed by atoms with Gasteiger partial charge >= 0.3 is 0 Å². The standard InChI is InChI=1S/C23H33BrO/c1-2-3-4-5-6-7-8-9-10-13-18-25-23-17-16-20(19-24)21-14-11-12-15-22(21)23/h11-12,14-17H,2-10,13,18-19H2,1H3. The maximum absolute atomic E-state index is 6.08. The van der Waals surface area contributed by atoms with Crippen LogP contribution in [0.5, 0.6) is 5.75 Å². The Balaban J connectivity index is 1.63. The van der Waals surface area contributed by atoms with E-state index >= 15 is 0 Å². The van der Waals surface area contributed by atoms with E-state index in [1.807, 2.05) is 0 Å². The molecule has 0 saturated heterocycles. The van der Waals surface area contributed by atoms with Gasteiger partial charge in [0.2, 0.25) is 0 Å². The maximum Gasteiger partial charge on any atom is 0.127 e. The molecule has 0 saturated carbocycles. The summed E-state index contributed by atoms with van der Waals surface area (Å²) in [6.45, 7) is 3.11. The predicted molar refractivity (Wildman–Crippen MR) is 114 cm³/mol. The van der Waals surface area contributed by atoms with Crippen LogP contribution in [0, 0.1) is 0 Å². The normalized spacial score (nSPS) is 11.1. The fourth-order valence-corrected chi connectivity index (χ4v) is 3.84. The second-order valence-electron chi connectivity index (χ2n) is 6.93. The van der Waals surface area contributed by atoms with E-state index in [4.69, 9.17) is 4.74 Å². The predicted octanol–water partition coefficient (Wildman–Crippen LogP) is 8.03. The number of hydrogen-bond acceptors (Lipinski definition) is 1. The third-order valence-electron chi connectivity index (χ3n) is 4.87. The van der Waals surface area contributed by atoms with E-state index in [2.05, 4.69) is 59.3 Å². The van der Waals surface area contributed by atoms with Gasteiger partial charge in [-0.1, -0.05) is 111 Å². The SMILES string of the molecule is CCCCCCCCCCCCOc1ccc(CBr)c2ccccc12. The van der Waals surface area contributed by atoms with Crippen molar-refractivity contribution < 1.29 is 4.74 Å². The Bertz CT molecular complexity index is 608. The van der Waals surface area contributed by atoms with Crippen molar-refractivity contribution in [3.05, 3.63) is 42.0 Å². The lowest BCUT2D eigenvalue weighted by Crippen LogP contribution is -1.98. The Morgan fingerprint density at radius 2 is 1.32 bits per heavy atom. The van der Waals surface area contributed by atoms with Gasteiger partial charge < -0.3 is 4.74 Å². The van der Waals surface area contributed by atoms with Gasteiger partial charge in [0.25, 0.3) is 0 Å². The minimum absolute atomic E-state index is 0.828. The first kappa shape index (κ1) is 20.3. The number of halogens is 1. The van der Waals surface area contributed by atoms with Crippen LogP contribution in [0.25, 0.3) is 10.8 Å². The van der Waals surface area contributed by atoms with Crippen LogP contribution >= 0.6 is 15.9 Å².